The fourth-order valence-corrected chi connectivity index (χ4v) is 1.86. The average molecular weight is 260 g/mol. The molecule has 1 aliphatic rings. The number of carboxylic acids is 2. The number of halogens is 3. The molecule has 7 heteroatoms. The molecule has 0 bridgehead atoms. The second kappa shape index (κ2) is 3.72. The first-order valence-corrected chi connectivity index (χ1v) is 4.96. The van der Waals surface area contributed by atoms with E-state index < -0.39 is 45.9 Å². The molecule has 0 spiro atoms. The summed E-state index contributed by atoms with van der Waals surface area (Å²) in [5.41, 5.74) is -3.70. The maximum absolute atomic E-state index is 13.6. The molecule has 1 aromatic rings. The second-order valence-corrected chi connectivity index (χ2v) is 4.10. The maximum Gasteiger partial charge on any atom is 0.341 e. The number of benzene rings is 1. The van der Waals surface area contributed by atoms with E-state index in [4.69, 9.17) is 10.2 Å². The van der Waals surface area contributed by atoms with Crippen LogP contribution in [0.4, 0.5) is 13.2 Å². The Kier molecular flexibility index (Phi) is 2.57. The Hall–Kier alpha value is -2.05. The van der Waals surface area contributed by atoms with Gasteiger partial charge >= 0.3 is 11.9 Å². The Morgan fingerprint density at radius 3 is 2.06 bits per heavy atom. The van der Waals surface area contributed by atoms with Gasteiger partial charge in [-0.25, -0.2) is 18.0 Å². The van der Waals surface area contributed by atoms with Crippen molar-refractivity contribution in [3.63, 3.8) is 0 Å². The van der Waals surface area contributed by atoms with Crippen LogP contribution in [0.5, 0.6) is 0 Å². The van der Waals surface area contributed by atoms with Gasteiger partial charge in [0.2, 0.25) is 0 Å². The van der Waals surface area contributed by atoms with Crippen molar-refractivity contribution in [1.82, 2.24) is 0 Å². The molecule has 0 atom stereocenters. The summed E-state index contributed by atoms with van der Waals surface area (Å²) < 4.78 is 40.4. The van der Waals surface area contributed by atoms with Gasteiger partial charge in [-0.15, -0.1) is 0 Å². The number of carbonyl (C=O) groups is 2. The lowest BCUT2D eigenvalue weighted by atomic mass is 9.93. The smallest absolute Gasteiger partial charge is 0.341 e. The van der Waals surface area contributed by atoms with Gasteiger partial charge in [0, 0.05) is 5.56 Å². The Bertz CT molecular complexity index is 564. The zero-order chi connectivity index (χ0) is 13.7. The molecule has 96 valence electrons. The van der Waals surface area contributed by atoms with Crippen LogP contribution in [0, 0.1) is 17.5 Å². The normalized spacial score (nSPS) is 16.4. The third-order valence-electron chi connectivity index (χ3n) is 3.05. The predicted molar refractivity (Wildman–Crippen MR) is 51.8 cm³/mol. The minimum atomic E-state index is -1.95. The molecule has 1 fully saturated rings. The molecule has 0 amide bonds. The van der Waals surface area contributed by atoms with Crippen LogP contribution in [-0.4, -0.2) is 22.2 Å². The van der Waals surface area contributed by atoms with Crippen molar-refractivity contribution >= 4 is 11.9 Å². The topological polar surface area (TPSA) is 74.6 Å². The number of aliphatic carboxylic acids is 1. The molecule has 2 rings (SSSR count). The Balaban J connectivity index is 2.67. The van der Waals surface area contributed by atoms with Crippen molar-refractivity contribution in [3.05, 3.63) is 34.6 Å². The fourth-order valence-electron chi connectivity index (χ4n) is 1.86. The molecule has 4 nitrogen and oxygen atoms in total. The van der Waals surface area contributed by atoms with Crippen molar-refractivity contribution < 1.29 is 33.0 Å². The van der Waals surface area contributed by atoms with Crippen molar-refractivity contribution in [2.75, 3.05) is 0 Å². The Morgan fingerprint density at radius 2 is 1.67 bits per heavy atom. The van der Waals surface area contributed by atoms with Gasteiger partial charge in [0.1, 0.15) is 11.4 Å². The third kappa shape index (κ3) is 1.54. The highest BCUT2D eigenvalue weighted by Crippen LogP contribution is 2.50. The fraction of sp³-hybridized carbons (Fsp3) is 0.273. The number of hydrogen-bond acceptors (Lipinski definition) is 2. The largest absolute Gasteiger partial charge is 0.481 e. The lowest BCUT2D eigenvalue weighted by molar-refractivity contribution is -0.140. The molecule has 1 aliphatic carbocycles. The number of rotatable bonds is 3. The van der Waals surface area contributed by atoms with Gasteiger partial charge in [-0.1, -0.05) is 0 Å². The number of aromatic carboxylic acids is 1. The lowest BCUT2D eigenvalue weighted by Crippen LogP contribution is -2.23. The Labute approximate surface area is 98.7 Å². The van der Waals surface area contributed by atoms with Gasteiger partial charge in [-0.05, 0) is 18.9 Å². The van der Waals surface area contributed by atoms with E-state index in [1.807, 2.05) is 0 Å². The molecule has 0 saturated heterocycles. The van der Waals surface area contributed by atoms with Crippen LogP contribution in [0.2, 0.25) is 0 Å². The molecular formula is C11H7F3O4. The van der Waals surface area contributed by atoms with E-state index in [2.05, 4.69) is 0 Å². The molecule has 1 saturated carbocycles. The number of carboxylic acid groups (broad SMARTS) is 2. The molecular weight excluding hydrogens is 253 g/mol. The predicted octanol–water partition coefficient (Wildman–Crippen LogP) is 1.92. The first kappa shape index (κ1) is 12.4. The highest BCUT2D eigenvalue weighted by Gasteiger charge is 2.54. The van der Waals surface area contributed by atoms with Crippen molar-refractivity contribution in [2.45, 2.75) is 18.3 Å². The zero-order valence-corrected chi connectivity index (χ0v) is 8.84. The monoisotopic (exact) mass is 260 g/mol. The van der Waals surface area contributed by atoms with Gasteiger partial charge in [-0.2, -0.15) is 0 Å². The van der Waals surface area contributed by atoms with Crippen molar-refractivity contribution in [2.24, 2.45) is 0 Å². The Morgan fingerprint density at radius 1 is 1.11 bits per heavy atom. The average Bonchev–Trinajstić information content (AvgIpc) is 3.04. The molecule has 0 unspecified atom stereocenters. The summed E-state index contributed by atoms with van der Waals surface area (Å²) >= 11 is 0. The summed E-state index contributed by atoms with van der Waals surface area (Å²) in [5, 5.41) is 17.4. The number of hydrogen-bond donors (Lipinski definition) is 2. The van der Waals surface area contributed by atoms with Crippen LogP contribution in [-0.2, 0) is 10.2 Å². The second-order valence-electron chi connectivity index (χ2n) is 4.10. The summed E-state index contributed by atoms with van der Waals surface area (Å²) in [7, 11) is 0. The van der Waals surface area contributed by atoms with E-state index in [0.29, 0.717) is 6.07 Å². The van der Waals surface area contributed by atoms with Crippen LogP contribution in [0.25, 0.3) is 0 Å². The van der Waals surface area contributed by atoms with Crippen LogP contribution in [0.1, 0.15) is 28.8 Å². The first-order chi connectivity index (χ1) is 8.31. The van der Waals surface area contributed by atoms with E-state index in [1.54, 1.807) is 0 Å². The summed E-state index contributed by atoms with van der Waals surface area (Å²) in [6.07, 6.45) is 0.120. The van der Waals surface area contributed by atoms with Gasteiger partial charge in [0.25, 0.3) is 0 Å². The van der Waals surface area contributed by atoms with Gasteiger partial charge < -0.3 is 10.2 Å². The van der Waals surface area contributed by atoms with Gasteiger partial charge in [-0.3, -0.25) is 4.79 Å². The van der Waals surface area contributed by atoms with Crippen LogP contribution in [0.15, 0.2) is 6.07 Å². The summed E-state index contributed by atoms with van der Waals surface area (Å²) in [5.74, 6) is -8.30. The summed E-state index contributed by atoms with van der Waals surface area (Å²) in [4.78, 5) is 21.5. The minimum Gasteiger partial charge on any atom is -0.481 e. The van der Waals surface area contributed by atoms with E-state index in [1.165, 1.54) is 0 Å². The van der Waals surface area contributed by atoms with Crippen LogP contribution < -0.4 is 0 Å². The maximum atomic E-state index is 13.6. The minimum absolute atomic E-state index is 0.0601. The van der Waals surface area contributed by atoms with Crippen LogP contribution >= 0.6 is 0 Å². The first-order valence-electron chi connectivity index (χ1n) is 4.96. The van der Waals surface area contributed by atoms with Gasteiger partial charge in [0.15, 0.2) is 11.6 Å². The van der Waals surface area contributed by atoms with Crippen molar-refractivity contribution in [1.29, 1.82) is 0 Å². The van der Waals surface area contributed by atoms with E-state index in [0.717, 1.165) is 0 Å². The zero-order valence-electron chi connectivity index (χ0n) is 8.84. The van der Waals surface area contributed by atoms with Gasteiger partial charge in [0.05, 0.1) is 5.41 Å². The lowest BCUT2D eigenvalue weighted by Gasteiger charge is -2.13. The summed E-state index contributed by atoms with van der Waals surface area (Å²) in [6, 6.07) is 0.447. The quantitative estimate of drug-likeness (QED) is 0.814. The molecule has 2 N–H and O–H groups in total. The SMILES string of the molecule is O=C(O)c1c(F)cc(C2(C(=O)O)CC2)c(F)c1F. The highest BCUT2D eigenvalue weighted by molar-refractivity contribution is 5.89. The highest BCUT2D eigenvalue weighted by atomic mass is 19.2. The third-order valence-corrected chi connectivity index (χ3v) is 3.05. The summed E-state index contributed by atoms with van der Waals surface area (Å²) in [6.45, 7) is 0. The van der Waals surface area contributed by atoms with E-state index in [-0.39, 0.29) is 12.8 Å². The van der Waals surface area contributed by atoms with E-state index in [9.17, 15) is 22.8 Å². The molecule has 0 heterocycles. The molecule has 0 aromatic heterocycles. The molecule has 0 radical (unpaired) electrons. The molecule has 1 aromatic carbocycles. The standard InChI is InChI=1S/C11H7F3O4/c12-5-3-4(11(1-2-11)10(17)18)7(13)8(14)6(5)9(15)16/h3H,1-2H2,(H,15,16)(H,17,18). The molecule has 18 heavy (non-hydrogen) atoms. The molecule has 0 aliphatic heterocycles. The van der Waals surface area contributed by atoms with E-state index >= 15 is 0 Å². The van der Waals surface area contributed by atoms with Crippen LogP contribution in [0.3, 0.4) is 0 Å². The van der Waals surface area contributed by atoms with Crippen molar-refractivity contribution in [3.8, 4) is 0 Å².